The molecule has 0 fully saturated rings. The molecule has 0 unspecified atom stereocenters. The Balaban J connectivity index is 3.34. The SMILES string of the molecule is COc1cc(CCC(C)=O)cc(S(N)(=O)=O)c1OC. The van der Waals surface area contributed by atoms with Gasteiger partial charge in [0.05, 0.1) is 14.2 Å². The van der Waals surface area contributed by atoms with Crippen LogP contribution in [0.1, 0.15) is 18.9 Å². The van der Waals surface area contributed by atoms with E-state index in [0.29, 0.717) is 18.4 Å². The predicted molar refractivity (Wildman–Crippen MR) is 69.9 cm³/mol. The molecule has 1 aromatic rings. The van der Waals surface area contributed by atoms with Crippen LogP contribution in [0.3, 0.4) is 0 Å². The Morgan fingerprint density at radius 3 is 2.32 bits per heavy atom. The number of ether oxygens (including phenoxy) is 2. The van der Waals surface area contributed by atoms with Crippen molar-refractivity contribution in [1.82, 2.24) is 0 Å². The fourth-order valence-electron chi connectivity index (χ4n) is 1.66. The molecule has 6 nitrogen and oxygen atoms in total. The third-order valence-corrected chi connectivity index (χ3v) is 3.49. The first-order valence-corrected chi connectivity index (χ1v) is 7.11. The molecule has 0 amide bonds. The van der Waals surface area contributed by atoms with E-state index in [2.05, 4.69) is 0 Å². The second-order valence-electron chi connectivity index (χ2n) is 4.08. The first-order chi connectivity index (χ1) is 8.79. The molecule has 7 heteroatoms. The number of primary sulfonamides is 1. The van der Waals surface area contributed by atoms with Crippen LogP contribution >= 0.6 is 0 Å². The number of carbonyl (C=O) groups excluding carboxylic acids is 1. The van der Waals surface area contributed by atoms with E-state index in [1.165, 1.54) is 27.2 Å². The van der Waals surface area contributed by atoms with Crippen LogP contribution in [0.4, 0.5) is 0 Å². The average molecular weight is 287 g/mol. The maximum atomic E-state index is 11.5. The number of nitrogens with two attached hydrogens (primary N) is 1. The van der Waals surface area contributed by atoms with Gasteiger partial charge in [-0.3, -0.25) is 0 Å². The minimum Gasteiger partial charge on any atom is -0.493 e. The van der Waals surface area contributed by atoms with Crippen LogP contribution in [0.15, 0.2) is 17.0 Å². The smallest absolute Gasteiger partial charge is 0.241 e. The molecule has 2 N–H and O–H groups in total. The largest absolute Gasteiger partial charge is 0.493 e. The Kier molecular flexibility index (Phi) is 4.90. The average Bonchev–Trinajstić information content (AvgIpc) is 2.33. The van der Waals surface area contributed by atoms with Gasteiger partial charge in [0, 0.05) is 6.42 Å². The molecule has 19 heavy (non-hydrogen) atoms. The van der Waals surface area contributed by atoms with E-state index in [9.17, 15) is 13.2 Å². The summed E-state index contributed by atoms with van der Waals surface area (Å²) in [7, 11) is -1.19. The van der Waals surface area contributed by atoms with Crippen molar-refractivity contribution in [3.05, 3.63) is 17.7 Å². The first-order valence-electron chi connectivity index (χ1n) is 5.56. The van der Waals surface area contributed by atoms with E-state index in [1.54, 1.807) is 6.07 Å². The highest BCUT2D eigenvalue weighted by Gasteiger charge is 2.20. The molecule has 1 aromatic carbocycles. The van der Waals surface area contributed by atoms with Crippen molar-refractivity contribution in [2.75, 3.05) is 14.2 Å². The highest BCUT2D eigenvalue weighted by atomic mass is 32.2. The summed E-state index contributed by atoms with van der Waals surface area (Å²) < 4.78 is 33.2. The van der Waals surface area contributed by atoms with Crippen molar-refractivity contribution < 1.29 is 22.7 Å². The fraction of sp³-hybridized carbons (Fsp3) is 0.417. The van der Waals surface area contributed by atoms with Gasteiger partial charge < -0.3 is 14.3 Å². The Bertz CT molecular complexity index is 580. The standard InChI is InChI=1S/C12H17NO5S/c1-8(14)4-5-9-6-10(17-2)12(18-3)11(7-9)19(13,15)16/h6-7H,4-5H2,1-3H3,(H2,13,15,16). The highest BCUT2D eigenvalue weighted by Crippen LogP contribution is 2.35. The second kappa shape index (κ2) is 6.03. The number of aryl methyl sites for hydroxylation is 1. The van der Waals surface area contributed by atoms with Gasteiger partial charge in [0.15, 0.2) is 11.5 Å². The van der Waals surface area contributed by atoms with E-state index in [-0.39, 0.29) is 22.2 Å². The van der Waals surface area contributed by atoms with Crippen LogP contribution in [0.25, 0.3) is 0 Å². The van der Waals surface area contributed by atoms with Gasteiger partial charge >= 0.3 is 0 Å². The van der Waals surface area contributed by atoms with Crippen molar-refractivity contribution in [2.45, 2.75) is 24.7 Å². The zero-order valence-corrected chi connectivity index (χ0v) is 11.9. The number of rotatable bonds is 6. The minimum absolute atomic E-state index is 0.0203. The maximum absolute atomic E-state index is 11.5. The van der Waals surface area contributed by atoms with Gasteiger partial charge in [0.2, 0.25) is 10.0 Å². The summed E-state index contributed by atoms with van der Waals surface area (Å²) >= 11 is 0. The molecule has 0 bridgehead atoms. The van der Waals surface area contributed by atoms with Crippen LogP contribution in [0.5, 0.6) is 11.5 Å². The summed E-state index contributed by atoms with van der Waals surface area (Å²) in [4.78, 5) is 10.8. The Labute approximate surface area is 112 Å². The molecule has 106 valence electrons. The topological polar surface area (TPSA) is 95.7 Å². The second-order valence-corrected chi connectivity index (χ2v) is 5.61. The lowest BCUT2D eigenvalue weighted by atomic mass is 10.1. The van der Waals surface area contributed by atoms with Crippen molar-refractivity contribution in [1.29, 1.82) is 0 Å². The summed E-state index contributed by atoms with van der Waals surface area (Å²) in [5.41, 5.74) is 0.650. The molecule has 0 saturated carbocycles. The molecule has 0 heterocycles. The molecule has 0 spiro atoms. The Hall–Kier alpha value is -1.60. The summed E-state index contributed by atoms with van der Waals surface area (Å²) in [6.07, 6.45) is 0.734. The Morgan fingerprint density at radius 2 is 1.89 bits per heavy atom. The lowest BCUT2D eigenvalue weighted by molar-refractivity contribution is -0.116. The molecule has 0 atom stereocenters. The molecule has 0 aromatic heterocycles. The normalized spacial score (nSPS) is 11.2. The van der Waals surface area contributed by atoms with Gasteiger partial charge in [-0.15, -0.1) is 0 Å². The van der Waals surface area contributed by atoms with E-state index < -0.39 is 10.0 Å². The van der Waals surface area contributed by atoms with Gasteiger partial charge in [0.1, 0.15) is 10.7 Å². The van der Waals surface area contributed by atoms with Crippen LogP contribution in [0.2, 0.25) is 0 Å². The third kappa shape index (κ3) is 3.93. The first kappa shape index (κ1) is 15.5. The Morgan fingerprint density at radius 1 is 1.26 bits per heavy atom. The molecule has 1 rings (SSSR count). The molecular weight excluding hydrogens is 270 g/mol. The maximum Gasteiger partial charge on any atom is 0.241 e. The molecule has 0 saturated heterocycles. The lowest BCUT2D eigenvalue weighted by Crippen LogP contribution is -2.14. The lowest BCUT2D eigenvalue weighted by Gasteiger charge is -2.13. The van der Waals surface area contributed by atoms with Crippen LogP contribution in [0, 0.1) is 0 Å². The number of carbonyl (C=O) groups is 1. The molecule has 0 radical (unpaired) electrons. The van der Waals surface area contributed by atoms with Gasteiger partial charge in [-0.25, -0.2) is 13.6 Å². The van der Waals surface area contributed by atoms with Crippen molar-refractivity contribution in [3.8, 4) is 11.5 Å². The van der Waals surface area contributed by atoms with Gasteiger partial charge in [-0.05, 0) is 31.0 Å². The molecule has 0 aliphatic carbocycles. The number of benzene rings is 1. The monoisotopic (exact) mass is 287 g/mol. The molecule has 0 aliphatic rings. The summed E-state index contributed by atoms with van der Waals surface area (Å²) in [5, 5.41) is 5.15. The van der Waals surface area contributed by atoms with E-state index >= 15 is 0 Å². The number of sulfonamides is 1. The van der Waals surface area contributed by atoms with E-state index in [4.69, 9.17) is 14.6 Å². The van der Waals surface area contributed by atoms with Crippen molar-refractivity contribution in [2.24, 2.45) is 5.14 Å². The van der Waals surface area contributed by atoms with Crippen LogP contribution < -0.4 is 14.6 Å². The zero-order valence-electron chi connectivity index (χ0n) is 11.1. The van der Waals surface area contributed by atoms with Crippen molar-refractivity contribution >= 4 is 15.8 Å². The van der Waals surface area contributed by atoms with E-state index in [0.717, 1.165) is 0 Å². The van der Waals surface area contributed by atoms with Crippen molar-refractivity contribution in [3.63, 3.8) is 0 Å². The number of ketones is 1. The minimum atomic E-state index is -3.93. The van der Waals surface area contributed by atoms with Crippen LogP contribution in [-0.4, -0.2) is 28.4 Å². The number of Topliss-reactive ketones (excluding diaryl/α,β-unsaturated/α-hetero) is 1. The van der Waals surface area contributed by atoms with Gasteiger partial charge in [-0.1, -0.05) is 0 Å². The quantitative estimate of drug-likeness (QED) is 0.837. The predicted octanol–water partition coefficient (Wildman–Crippen LogP) is 0.873. The highest BCUT2D eigenvalue weighted by molar-refractivity contribution is 7.89. The summed E-state index contributed by atoms with van der Waals surface area (Å²) in [6, 6.07) is 3.04. The molecular formula is C12H17NO5S. The number of hydrogen-bond donors (Lipinski definition) is 1. The zero-order chi connectivity index (χ0) is 14.6. The van der Waals surface area contributed by atoms with Gasteiger partial charge in [-0.2, -0.15) is 0 Å². The van der Waals surface area contributed by atoms with E-state index in [1.807, 2.05) is 0 Å². The number of methoxy groups -OCH3 is 2. The third-order valence-electron chi connectivity index (χ3n) is 2.58. The van der Waals surface area contributed by atoms with Gasteiger partial charge in [0.25, 0.3) is 0 Å². The molecule has 0 aliphatic heterocycles. The fourth-order valence-corrected chi connectivity index (χ4v) is 2.42. The summed E-state index contributed by atoms with van der Waals surface area (Å²) in [6.45, 7) is 1.47. The number of hydrogen-bond acceptors (Lipinski definition) is 5. The van der Waals surface area contributed by atoms with Crippen LogP contribution in [-0.2, 0) is 21.2 Å². The summed E-state index contributed by atoms with van der Waals surface area (Å²) in [5.74, 6) is 0.357.